The standard InChI is InChI=1S/C11H9NO5/c1-7(13)10(11(14)15)6-8-2-4-9(5-3-8)12(16)17/h2-6H,1H3,(H,14,15). The zero-order valence-electron chi connectivity index (χ0n) is 8.91. The van der Waals surface area contributed by atoms with Gasteiger partial charge in [0, 0.05) is 12.1 Å². The van der Waals surface area contributed by atoms with Gasteiger partial charge in [-0.3, -0.25) is 14.9 Å². The van der Waals surface area contributed by atoms with Gasteiger partial charge in [0.2, 0.25) is 0 Å². The highest BCUT2D eigenvalue weighted by molar-refractivity contribution is 6.19. The molecule has 0 aliphatic heterocycles. The van der Waals surface area contributed by atoms with Gasteiger partial charge in [-0.2, -0.15) is 0 Å². The second-order valence-electron chi connectivity index (χ2n) is 3.27. The lowest BCUT2D eigenvalue weighted by Gasteiger charge is -1.97. The molecule has 1 aromatic carbocycles. The van der Waals surface area contributed by atoms with Gasteiger partial charge in [-0.05, 0) is 30.7 Å². The minimum atomic E-state index is -1.32. The smallest absolute Gasteiger partial charge is 0.339 e. The van der Waals surface area contributed by atoms with Crippen LogP contribution >= 0.6 is 0 Å². The Labute approximate surface area is 96.3 Å². The molecule has 0 fully saturated rings. The summed E-state index contributed by atoms with van der Waals surface area (Å²) in [6, 6.07) is 5.24. The molecule has 1 aromatic rings. The highest BCUT2D eigenvalue weighted by atomic mass is 16.6. The maximum atomic E-state index is 11.0. The predicted molar refractivity (Wildman–Crippen MR) is 59.4 cm³/mol. The van der Waals surface area contributed by atoms with Crippen molar-refractivity contribution in [2.24, 2.45) is 0 Å². The molecule has 0 spiro atoms. The van der Waals surface area contributed by atoms with E-state index >= 15 is 0 Å². The lowest BCUT2D eigenvalue weighted by Crippen LogP contribution is -2.08. The minimum Gasteiger partial charge on any atom is -0.478 e. The third-order valence-electron chi connectivity index (χ3n) is 2.02. The number of non-ortho nitro benzene ring substituents is 1. The first-order chi connectivity index (χ1) is 7.91. The zero-order valence-corrected chi connectivity index (χ0v) is 8.91. The molecule has 17 heavy (non-hydrogen) atoms. The van der Waals surface area contributed by atoms with Crippen molar-refractivity contribution in [1.82, 2.24) is 0 Å². The van der Waals surface area contributed by atoms with Crippen LogP contribution in [0.15, 0.2) is 29.8 Å². The van der Waals surface area contributed by atoms with Crippen LogP contribution in [0.2, 0.25) is 0 Å². The molecule has 1 N–H and O–H groups in total. The van der Waals surface area contributed by atoms with Gasteiger partial charge in [0.25, 0.3) is 5.69 Å². The number of carboxylic acid groups (broad SMARTS) is 1. The van der Waals surface area contributed by atoms with E-state index in [1.165, 1.54) is 30.3 Å². The second-order valence-corrected chi connectivity index (χ2v) is 3.27. The van der Waals surface area contributed by atoms with Gasteiger partial charge < -0.3 is 5.11 Å². The topological polar surface area (TPSA) is 97.5 Å². The monoisotopic (exact) mass is 235 g/mol. The van der Waals surface area contributed by atoms with Crippen molar-refractivity contribution >= 4 is 23.5 Å². The summed E-state index contributed by atoms with van der Waals surface area (Å²) in [6.07, 6.45) is 1.17. The zero-order chi connectivity index (χ0) is 13.0. The van der Waals surface area contributed by atoms with Gasteiger partial charge in [-0.25, -0.2) is 4.79 Å². The van der Waals surface area contributed by atoms with Crippen LogP contribution < -0.4 is 0 Å². The number of nitro benzene ring substituents is 1. The van der Waals surface area contributed by atoms with Crippen molar-refractivity contribution in [2.75, 3.05) is 0 Å². The highest BCUT2D eigenvalue weighted by Gasteiger charge is 2.12. The molecule has 0 aliphatic rings. The maximum Gasteiger partial charge on any atom is 0.339 e. The number of aliphatic carboxylic acids is 1. The van der Waals surface area contributed by atoms with E-state index in [-0.39, 0.29) is 11.3 Å². The van der Waals surface area contributed by atoms with Crippen molar-refractivity contribution in [3.63, 3.8) is 0 Å². The van der Waals surface area contributed by atoms with Crippen LogP contribution in [0.25, 0.3) is 6.08 Å². The van der Waals surface area contributed by atoms with Crippen LogP contribution in [0, 0.1) is 10.1 Å². The Hall–Kier alpha value is -2.50. The van der Waals surface area contributed by atoms with Crippen LogP contribution in [0.5, 0.6) is 0 Å². The Balaban J connectivity index is 3.09. The van der Waals surface area contributed by atoms with E-state index in [1.54, 1.807) is 0 Å². The predicted octanol–water partition coefficient (Wildman–Crippen LogP) is 1.65. The molecule has 0 amide bonds. The number of carbonyl (C=O) groups is 2. The summed E-state index contributed by atoms with van der Waals surface area (Å²) in [5, 5.41) is 19.1. The summed E-state index contributed by atoms with van der Waals surface area (Å²) in [4.78, 5) is 31.6. The fraction of sp³-hybridized carbons (Fsp3) is 0.0909. The lowest BCUT2D eigenvalue weighted by molar-refractivity contribution is -0.384. The Morgan fingerprint density at radius 2 is 1.82 bits per heavy atom. The number of rotatable bonds is 4. The number of nitrogens with zero attached hydrogens (tertiary/aromatic N) is 1. The summed E-state index contributed by atoms with van der Waals surface area (Å²) in [5.41, 5.74) is -0.0381. The van der Waals surface area contributed by atoms with Crippen molar-refractivity contribution < 1.29 is 19.6 Å². The SMILES string of the molecule is CC(=O)C(=Cc1ccc([N+](=O)[O-])cc1)C(=O)O. The number of carboxylic acids is 1. The number of hydrogen-bond donors (Lipinski definition) is 1. The van der Waals surface area contributed by atoms with Gasteiger partial charge >= 0.3 is 5.97 Å². The van der Waals surface area contributed by atoms with Gasteiger partial charge in [-0.15, -0.1) is 0 Å². The van der Waals surface area contributed by atoms with Crippen LogP contribution in [-0.4, -0.2) is 21.8 Å². The van der Waals surface area contributed by atoms with Crippen molar-refractivity contribution in [3.05, 3.63) is 45.5 Å². The molecule has 0 aliphatic carbocycles. The van der Waals surface area contributed by atoms with E-state index in [0.29, 0.717) is 5.56 Å². The van der Waals surface area contributed by atoms with Gasteiger partial charge in [0.15, 0.2) is 5.78 Å². The number of ketones is 1. The average molecular weight is 235 g/mol. The molecule has 0 bridgehead atoms. The third kappa shape index (κ3) is 3.23. The molecule has 0 saturated carbocycles. The molecule has 0 unspecified atom stereocenters. The van der Waals surface area contributed by atoms with Crippen molar-refractivity contribution in [1.29, 1.82) is 0 Å². The average Bonchev–Trinajstić information content (AvgIpc) is 2.25. The molecule has 0 atom stereocenters. The first-order valence-corrected chi connectivity index (χ1v) is 4.62. The van der Waals surface area contributed by atoms with Crippen molar-refractivity contribution in [3.8, 4) is 0 Å². The van der Waals surface area contributed by atoms with Gasteiger partial charge in [-0.1, -0.05) is 0 Å². The lowest BCUT2D eigenvalue weighted by atomic mass is 10.1. The molecule has 6 nitrogen and oxygen atoms in total. The maximum absolute atomic E-state index is 11.0. The van der Waals surface area contributed by atoms with E-state index < -0.39 is 16.7 Å². The molecule has 88 valence electrons. The Morgan fingerprint density at radius 3 is 2.18 bits per heavy atom. The van der Waals surface area contributed by atoms with E-state index in [2.05, 4.69) is 0 Å². The number of hydrogen-bond acceptors (Lipinski definition) is 4. The molecular weight excluding hydrogens is 226 g/mol. The number of nitro groups is 1. The molecule has 0 heterocycles. The summed E-state index contributed by atoms with van der Waals surface area (Å²) in [7, 11) is 0. The van der Waals surface area contributed by atoms with Crippen LogP contribution in [0.4, 0.5) is 5.69 Å². The minimum absolute atomic E-state index is 0.0955. The Kier molecular flexibility index (Phi) is 3.71. The van der Waals surface area contributed by atoms with Crippen molar-refractivity contribution in [2.45, 2.75) is 6.92 Å². The van der Waals surface area contributed by atoms with E-state index in [0.717, 1.165) is 6.92 Å². The summed E-state index contributed by atoms with van der Waals surface area (Å²) >= 11 is 0. The van der Waals surface area contributed by atoms with Gasteiger partial charge in [0.05, 0.1) is 4.92 Å². The van der Waals surface area contributed by atoms with E-state index in [9.17, 15) is 19.7 Å². The van der Waals surface area contributed by atoms with E-state index in [1.807, 2.05) is 0 Å². The van der Waals surface area contributed by atoms with E-state index in [4.69, 9.17) is 5.11 Å². The molecule has 6 heteroatoms. The van der Waals surface area contributed by atoms with Crippen LogP contribution in [-0.2, 0) is 9.59 Å². The molecule has 0 radical (unpaired) electrons. The largest absolute Gasteiger partial charge is 0.478 e. The number of benzene rings is 1. The third-order valence-corrected chi connectivity index (χ3v) is 2.02. The fourth-order valence-electron chi connectivity index (χ4n) is 1.17. The summed E-state index contributed by atoms with van der Waals surface area (Å²) in [5.74, 6) is -1.90. The quantitative estimate of drug-likeness (QED) is 0.281. The number of carbonyl (C=O) groups excluding carboxylic acids is 1. The molecule has 0 saturated heterocycles. The summed E-state index contributed by atoms with van der Waals surface area (Å²) in [6.45, 7) is 1.14. The normalized spacial score (nSPS) is 11.0. The Morgan fingerprint density at radius 1 is 1.29 bits per heavy atom. The number of Topliss-reactive ketones (excluding diaryl/α,β-unsaturated/α-hetero) is 1. The second kappa shape index (κ2) is 5.02. The molecule has 1 rings (SSSR count). The highest BCUT2D eigenvalue weighted by Crippen LogP contribution is 2.14. The van der Waals surface area contributed by atoms with Crippen LogP contribution in [0.1, 0.15) is 12.5 Å². The molecule has 0 aromatic heterocycles. The summed E-state index contributed by atoms with van der Waals surface area (Å²) < 4.78 is 0. The first kappa shape index (κ1) is 12.6. The Bertz CT molecular complexity index is 485. The first-order valence-electron chi connectivity index (χ1n) is 4.62. The van der Waals surface area contributed by atoms with Crippen LogP contribution in [0.3, 0.4) is 0 Å². The molecular formula is C11H9NO5. The fourth-order valence-corrected chi connectivity index (χ4v) is 1.17. The van der Waals surface area contributed by atoms with Gasteiger partial charge in [0.1, 0.15) is 5.57 Å².